The Morgan fingerprint density at radius 3 is 3.06 bits per heavy atom. The Bertz CT molecular complexity index is 369. The van der Waals surface area contributed by atoms with Crippen LogP contribution in [0.15, 0.2) is 30.5 Å². The number of thioether (sulfide) groups is 1. The minimum atomic E-state index is -0.108. The number of hydrogen-bond donors (Lipinski definition) is 2. The number of rotatable bonds is 8. The molecule has 1 rings (SSSR count). The highest BCUT2D eigenvalue weighted by Gasteiger charge is 1.95. The summed E-state index contributed by atoms with van der Waals surface area (Å²) in [5, 5.41) is 11.4. The predicted molar refractivity (Wildman–Crippen MR) is 75.3 cm³/mol. The van der Waals surface area contributed by atoms with E-state index in [2.05, 4.69) is 10.3 Å². The standard InChI is InChI=1S/C13H18N2O2S/c16-9-3-10-18-11-8-15-13(17)6-5-12-4-1-2-7-14-12/h1-2,4-7,16H,3,8-11H2,(H,15,17)/b6-5+. The molecule has 1 amide bonds. The van der Waals surface area contributed by atoms with E-state index in [1.165, 1.54) is 6.08 Å². The fourth-order valence-corrected chi connectivity index (χ4v) is 1.99. The number of nitrogens with one attached hydrogen (secondary N) is 1. The SMILES string of the molecule is O=C(/C=C/c1ccccn1)NCCSCCCO. The molecule has 0 bridgehead atoms. The summed E-state index contributed by atoms with van der Waals surface area (Å²) < 4.78 is 0. The van der Waals surface area contributed by atoms with Gasteiger partial charge in [0.2, 0.25) is 5.91 Å². The van der Waals surface area contributed by atoms with E-state index in [4.69, 9.17) is 5.11 Å². The Labute approximate surface area is 112 Å². The Morgan fingerprint density at radius 1 is 1.44 bits per heavy atom. The van der Waals surface area contributed by atoms with Crippen LogP contribution in [-0.2, 0) is 4.79 Å². The van der Waals surface area contributed by atoms with E-state index < -0.39 is 0 Å². The van der Waals surface area contributed by atoms with Gasteiger partial charge in [-0.1, -0.05) is 6.07 Å². The first-order valence-electron chi connectivity index (χ1n) is 5.88. The van der Waals surface area contributed by atoms with Crippen molar-refractivity contribution in [2.45, 2.75) is 6.42 Å². The zero-order chi connectivity index (χ0) is 13.1. The second-order valence-electron chi connectivity index (χ2n) is 3.57. The average molecular weight is 266 g/mol. The highest BCUT2D eigenvalue weighted by Crippen LogP contribution is 2.00. The first kappa shape index (κ1) is 14.7. The summed E-state index contributed by atoms with van der Waals surface area (Å²) in [4.78, 5) is 15.5. The molecule has 98 valence electrons. The second kappa shape index (κ2) is 9.67. The maximum atomic E-state index is 11.4. The number of aromatic nitrogens is 1. The van der Waals surface area contributed by atoms with Crippen molar-refractivity contribution in [2.24, 2.45) is 0 Å². The predicted octanol–water partition coefficient (Wildman–Crippen LogP) is 1.33. The molecule has 0 radical (unpaired) electrons. The summed E-state index contributed by atoms with van der Waals surface area (Å²) >= 11 is 1.72. The molecule has 1 heterocycles. The molecular formula is C13H18N2O2S. The number of carbonyl (C=O) groups excluding carboxylic acids is 1. The molecule has 0 unspecified atom stereocenters. The molecule has 0 aromatic carbocycles. The lowest BCUT2D eigenvalue weighted by molar-refractivity contribution is -0.116. The van der Waals surface area contributed by atoms with Gasteiger partial charge in [-0.05, 0) is 30.4 Å². The third-order valence-corrected chi connectivity index (χ3v) is 3.16. The minimum absolute atomic E-state index is 0.108. The van der Waals surface area contributed by atoms with Gasteiger partial charge in [0.05, 0.1) is 5.69 Å². The van der Waals surface area contributed by atoms with Crippen LogP contribution < -0.4 is 5.32 Å². The van der Waals surface area contributed by atoms with Crippen LogP contribution in [0.1, 0.15) is 12.1 Å². The number of hydrogen-bond acceptors (Lipinski definition) is 4. The van der Waals surface area contributed by atoms with Gasteiger partial charge >= 0.3 is 0 Å². The van der Waals surface area contributed by atoms with Crippen molar-refractivity contribution in [3.8, 4) is 0 Å². The largest absolute Gasteiger partial charge is 0.396 e. The van der Waals surface area contributed by atoms with E-state index in [1.54, 1.807) is 24.0 Å². The van der Waals surface area contributed by atoms with Crippen molar-refractivity contribution in [1.29, 1.82) is 0 Å². The zero-order valence-electron chi connectivity index (χ0n) is 10.2. The molecule has 4 nitrogen and oxygen atoms in total. The van der Waals surface area contributed by atoms with Crippen molar-refractivity contribution in [2.75, 3.05) is 24.7 Å². The Balaban J connectivity index is 2.12. The Hall–Kier alpha value is -1.33. The topological polar surface area (TPSA) is 62.2 Å². The minimum Gasteiger partial charge on any atom is -0.396 e. The third kappa shape index (κ3) is 7.09. The summed E-state index contributed by atoms with van der Waals surface area (Å²) in [6, 6.07) is 5.55. The van der Waals surface area contributed by atoms with E-state index >= 15 is 0 Å². The van der Waals surface area contributed by atoms with Crippen LogP contribution in [0.3, 0.4) is 0 Å². The summed E-state index contributed by atoms with van der Waals surface area (Å²) in [6.45, 7) is 0.869. The number of aliphatic hydroxyl groups excluding tert-OH is 1. The summed E-state index contributed by atoms with van der Waals surface area (Å²) in [5.74, 6) is 1.68. The van der Waals surface area contributed by atoms with Gasteiger partial charge < -0.3 is 10.4 Å². The lowest BCUT2D eigenvalue weighted by Gasteiger charge is -2.01. The molecule has 0 fully saturated rings. The molecule has 1 aromatic heterocycles. The van der Waals surface area contributed by atoms with Crippen LogP contribution >= 0.6 is 11.8 Å². The molecule has 2 N–H and O–H groups in total. The van der Waals surface area contributed by atoms with Gasteiger partial charge in [-0.2, -0.15) is 11.8 Å². The first-order valence-corrected chi connectivity index (χ1v) is 7.04. The van der Waals surface area contributed by atoms with E-state index in [-0.39, 0.29) is 12.5 Å². The molecule has 0 saturated carbocycles. The smallest absolute Gasteiger partial charge is 0.244 e. The van der Waals surface area contributed by atoms with E-state index in [0.717, 1.165) is 23.6 Å². The van der Waals surface area contributed by atoms with Gasteiger partial charge in [-0.3, -0.25) is 9.78 Å². The molecule has 0 saturated heterocycles. The molecule has 18 heavy (non-hydrogen) atoms. The van der Waals surface area contributed by atoms with E-state index in [1.807, 2.05) is 18.2 Å². The third-order valence-electron chi connectivity index (χ3n) is 2.09. The zero-order valence-corrected chi connectivity index (χ0v) is 11.0. The fraction of sp³-hybridized carbons (Fsp3) is 0.385. The molecule has 0 aliphatic carbocycles. The summed E-state index contributed by atoms with van der Waals surface area (Å²) in [6.07, 6.45) is 5.67. The number of carbonyl (C=O) groups is 1. The van der Waals surface area contributed by atoms with Crippen molar-refractivity contribution < 1.29 is 9.90 Å². The number of pyridine rings is 1. The molecular weight excluding hydrogens is 248 g/mol. The lowest BCUT2D eigenvalue weighted by atomic mass is 10.3. The monoisotopic (exact) mass is 266 g/mol. The fourth-order valence-electron chi connectivity index (χ4n) is 1.21. The first-order chi connectivity index (χ1) is 8.83. The molecule has 0 aliphatic heterocycles. The highest BCUT2D eigenvalue weighted by molar-refractivity contribution is 7.99. The quantitative estimate of drug-likeness (QED) is 0.550. The molecule has 0 aliphatic rings. The van der Waals surface area contributed by atoms with Crippen molar-refractivity contribution >= 4 is 23.7 Å². The van der Waals surface area contributed by atoms with Crippen molar-refractivity contribution in [3.05, 3.63) is 36.2 Å². The second-order valence-corrected chi connectivity index (χ2v) is 4.79. The van der Waals surface area contributed by atoms with Crippen LogP contribution in [0.5, 0.6) is 0 Å². The van der Waals surface area contributed by atoms with Crippen LogP contribution in [0.4, 0.5) is 0 Å². The van der Waals surface area contributed by atoms with Crippen molar-refractivity contribution in [1.82, 2.24) is 10.3 Å². The van der Waals surface area contributed by atoms with Crippen molar-refractivity contribution in [3.63, 3.8) is 0 Å². The molecule has 0 spiro atoms. The average Bonchev–Trinajstić information content (AvgIpc) is 2.41. The molecule has 1 aromatic rings. The maximum absolute atomic E-state index is 11.4. The van der Waals surface area contributed by atoms with Gasteiger partial charge in [-0.15, -0.1) is 0 Å². The van der Waals surface area contributed by atoms with E-state index in [9.17, 15) is 4.79 Å². The maximum Gasteiger partial charge on any atom is 0.244 e. The van der Waals surface area contributed by atoms with Crippen LogP contribution in [0.2, 0.25) is 0 Å². The van der Waals surface area contributed by atoms with Crippen LogP contribution in [0, 0.1) is 0 Å². The molecule has 5 heteroatoms. The summed E-state index contributed by atoms with van der Waals surface area (Å²) in [7, 11) is 0. The lowest BCUT2D eigenvalue weighted by Crippen LogP contribution is -2.23. The van der Waals surface area contributed by atoms with Gasteiger partial charge in [0, 0.05) is 31.2 Å². The molecule has 0 atom stereocenters. The number of amides is 1. The van der Waals surface area contributed by atoms with Gasteiger partial charge in [-0.25, -0.2) is 0 Å². The normalized spacial score (nSPS) is 10.7. The Morgan fingerprint density at radius 2 is 2.33 bits per heavy atom. The van der Waals surface area contributed by atoms with Crippen LogP contribution in [-0.4, -0.2) is 40.7 Å². The Kier molecular flexibility index (Phi) is 7.92. The summed E-state index contributed by atoms with van der Waals surface area (Å²) in [5.41, 5.74) is 0.768. The van der Waals surface area contributed by atoms with Gasteiger partial charge in [0.15, 0.2) is 0 Å². The van der Waals surface area contributed by atoms with Gasteiger partial charge in [0.1, 0.15) is 0 Å². The number of aliphatic hydroxyl groups is 1. The number of nitrogens with zero attached hydrogens (tertiary/aromatic N) is 1. The van der Waals surface area contributed by atoms with Crippen LogP contribution in [0.25, 0.3) is 6.08 Å². The van der Waals surface area contributed by atoms with Gasteiger partial charge in [0.25, 0.3) is 0 Å². The highest BCUT2D eigenvalue weighted by atomic mass is 32.2. The van der Waals surface area contributed by atoms with E-state index in [0.29, 0.717) is 6.54 Å².